The number of carbonyl (C=O) groups is 1. The Balaban J connectivity index is 1.37. The summed E-state index contributed by atoms with van der Waals surface area (Å²) in [7, 11) is -1.08. The zero-order valence-corrected chi connectivity index (χ0v) is 30.1. The van der Waals surface area contributed by atoms with E-state index in [4.69, 9.17) is 42.8 Å². The lowest BCUT2D eigenvalue weighted by Gasteiger charge is -2.44. The maximum Gasteiger partial charge on any atom is 0.243 e. The smallest absolute Gasteiger partial charge is 0.243 e. The van der Waals surface area contributed by atoms with Crippen LogP contribution in [-0.2, 0) is 27.9 Å². The van der Waals surface area contributed by atoms with Crippen LogP contribution in [0, 0.1) is 11.8 Å². The average Bonchev–Trinajstić information content (AvgIpc) is 3.07. The summed E-state index contributed by atoms with van der Waals surface area (Å²) in [5.74, 6) is 2.30. The second-order valence-electron chi connectivity index (χ2n) is 12.9. The van der Waals surface area contributed by atoms with E-state index in [1.807, 2.05) is 0 Å². The van der Waals surface area contributed by atoms with Crippen molar-refractivity contribution in [3.05, 3.63) is 70.4 Å². The van der Waals surface area contributed by atoms with Gasteiger partial charge in [-0.25, -0.2) is 18.5 Å². The number of primary sulfonamides is 1. The van der Waals surface area contributed by atoms with Gasteiger partial charge in [-0.1, -0.05) is 61.2 Å². The van der Waals surface area contributed by atoms with E-state index in [-0.39, 0.29) is 63.2 Å². The molecular formula is C34H41Cl2N7O6S. The van der Waals surface area contributed by atoms with Crippen LogP contribution in [0.25, 0.3) is 0 Å². The van der Waals surface area contributed by atoms with Crippen LogP contribution in [0.3, 0.4) is 0 Å². The van der Waals surface area contributed by atoms with Gasteiger partial charge in [0.2, 0.25) is 28.2 Å². The number of fused-ring (bicyclic) bond motifs is 1. The number of nitrogens with two attached hydrogens (primary N) is 1. The number of halogens is 2. The molecule has 2 unspecified atom stereocenters. The highest BCUT2D eigenvalue weighted by molar-refractivity contribution is 7.89. The summed E-state index contributed by atoms with van der Waals surface area (Å²) >= 11 is 13.6. The average molecular weight is 747 g/mol. The summed E-state index contributed by atoms with van der Waals surface area (Å²) in [5, 5.41) is 24.4. The molecule has 2 heterocycles. The number of amides is 1. The fourth-order valence-corrected chi connectivity index (χ4v) is 8.45. The summed E-state index contributed by atoms with van der Waals surface area (Å²) in [5.41, 5.74) is 1.43. The van der Waals surface area contributed by atoms with Gasteiger partial charge in [-0.3, -0.25) is 4.79 Å². The predicted octanol–water partition coefficient (Wildman–Crippen LogP) is 4.80. The van der Waals surface area contributed by atoms with Crippen LogP contribution in [0.2, 0.25) is 10.0 Å². The summed E-state index contributed by atoms with van der Waals surface area (Å²) in [4.78, 5) is 25.1. The van der Waals surface area contributed by atoms with E-state index >= 15 is 0 Å². The van der Waals surface area contributed by atoms with E-state index in [9.17, 15) is 18.3 Å². The molecule has 1 aliphatic heterocycles. The Kier molecular flexibility index (Phi) is 10.7. The van der Waals surface area contributed by atoms with Crippen molar-refractivity contribution in [2.24, 2.45) is 17.0 Å². The Morgan fingerprint density at radius 2 is 1.82 bits per heavy atom. The lowest BCUT2D eigenvalue weighted by atomic mass is 9.68. The summed E-state index contributed by atoms with van der Waals surface area (Å²) in [6, 6.07) is 7.42. The molecule has 2 saturated carbocycles. The second kappa shape index (κ2) is 14.8. The van der Waals surface area contributed by atoms with E-state index in [1.165, 1.54) is 51.7 Å². The van der Waals surface area contributed by atoms with Gasteiger partial charge in [0.05, 0.1) is 31.3 Å². The molecule has 5 N–H and O–H groups in total. The van der Waals surface area contributed by atoms with Gasteiger partial charge < -0.3 is 35.0 Å². The number of aliphatic hydroxyl groups is 1. The molecule has 2 fully saturated rings. The van der Waals surface area contributed by atoms with Crippen LogP contribution < -0.4 is 35.0 Å². The van der Waals surface area contributed by atoms with Gasteiger partial charge in [-0.2, -0.15) is 4.98 Å². The Morgan fingerprint density at radius 3 is 2.44 bits per heavy atom. The van der Waals surface area contributed by atoms with Gasteiger partial charge in [0.25, 0.3) is 0 Å². The van der Waals surface area contributed by atoms with E-state index < -0.39 is 16.4 Å². The Morgan fingerprint density at radius 1 is 1.10 bits per heavy atom. The maximum atomic E-state index is 12.4. The molecule has 0 radical (unpaired) electrons. The number of carbonyl (C=O) groups excluding carboxylic acids is 1. The topological polar surface area (TPSA) is 172 Å². The van der Waals surface area contributed by atoms with Gasteiger partial charge in [-0.15, -0.1) is 0 Å². The fraction of sp³-hybridized carbons (Fsp3) is 0.441. The SMILES string of the molecule is C=CC(=O)N[C@H]1CC(C2CCC2)CC[C@H]1Nc1ncc2c(n1)N(Cc1cccc(S(N)(=O)=O)c1)C(O)N(c1c(Cl)c(OC)cc(OC)c1Cl)C2. The molecule has 4 atom stereocenters. The van der Waals surface area contributed by atoms with E-state index in [2.05, 4.69) is 22.2 Å². The predicted molar refractivity (Wildman–Crippen MR) is 192 cm³/mol. The summed E-state index contributed by atoms with van der Waals surface area (Å²) < 4.78 is 35.3. The number of hydrogen-bond acceptors (Lipinski definition) is 11. The normalized spacial score (nSPS) is 22.3. The van der Waals surface area contributed by atoms with Crippen LogP contribution in [-0.4, -0.2) is 62.1 Å². The lowest BCUT2D eigenvalue weighted by molar-refractivity contribution is -0.117. The molecule has 13 nitrogen and oxygen atoms in total. The van der Waals surface area contributed by atoms with Crippen LogP contribution in [0.5, 0.6) is 11.5 Å². The quantitative estimate of drug-likeness (QED) is 0.199. The fourth-order valence-electron chi connectivity index (χ4n) is 7.15. The third kappa shape index (κ3) is 7.31. The minimum absolute atomic E-state index is 0.0192. The van der Waals surface area contributed by atoms with Crippen LogP contribution in [0.4, 0.5) is 17.5 Å². The first kappa shape index (κ1) is 36.0. The first-order chi connectivity index (χ1) is 23.9. The van der Waals surface area contributed by atoms with Crippen LogP contribution in [0.1, 0.15) is 49.7 Å². The molecule has 1 aromatic heterocycles. The number of nitrogens with one attached hydrogen (secondary N) is 2. The van der Waals surface area contributed by atoms with Crippen LogP contribution >= 0.6 is 23.2 Å². The van der Waals surface area contributed by atoms with Crippen molar-refractivity contribution in [2.75, 3.05) is 29.3 Å². The highest BCUT2D eigenvalue weighted by atomic mass is 35.5. The standard InChI is InChI=1S/C34H41Cl2N7O6S/c1-4-28(44)39-25-14-21(20-8-6-9-20)11-12-24(25)40-33-38-16-22-18-42(31-29(35)26(48-2)15-27(49-3)30(31)36)34(45)43(32(22)41-33)17-19-7-5-10-23(13-19)50(37,46)47/h4-5,7,10,13,15-16,20-21,24-25,34,45H,1,6,8-9,11-12,14,17-18H2,2-3H3,(H,39,44)(H2,37,46,47)(H,38,40,41)/t21?,24-,25+,34?/m1/s1. The third-order valence-corrected chi connectivity index (χ3v) is 11.6. The first-order valence-electron chi connectivity index (χ1n) is 16.4. The van der Waals surface area contributed by atoms with E-state index in [0.717, 1.165) is 19.3 Å². The van der Waals surface area contributed by atoms with Gasteiger partial charge in [0.1, 0.15) is 27.4 Å². The zero-order valence-electron chi connectivity index (χ0n) is 27.8. The summed E-state index contributed by atoms with van der Waals surface area (Å²) in [6.45, 7) is 3.75. The molecule has 50 heavy (non-hydrogen) atoms. The highest BCUT2D eigenvalue weighted by Crippen LogP contribution is 2.49. The number of hydrogen-bond donors (Lipinski definition) is 4. The Hall–Kier alpha value is -3.82. The van der Waals surface area contributed by atoms with Gasteiger partial charge in [0, 0.05) is 36.5 Å². The molecule has 3 aliphatic rings. The number of rotatable bonds is 11. The van der Waals surface area contributed by atoms with Crippen LogP contribution in [0.15, 0.2) is 54.1 Å². The number of aromatic nitrogens is 2. The van der Waals surface area contributed by atoms with Gasteiger partial charge in [0.15, 0.2) is 0 Å². The molecule has 0 spiro atoms. The molecule has 16 heteroatoms. The number of nitrogens with zero attached hydrogens (tertiary/aromatic N) is 4. The molecule has 0 bridgehead atoms. The van der Waals surface area contributed by atoms with E-state index in [1.54, 1.807) is 34.2 Å². The zero-order chi connectivity index (χ0) is 35.7. The monoisotopic (exact) mass is 745 g/mol. The minimum Gasteiger partial charge on any atom is -0.495 e. The van der Waals surface area contributed by atoms with Crippen molar-refractivity contribution in [1.29, 1.82) is 0 Å². The highest BCUT2D eigenvalue weighted by Gasteiger charge is 2.39. The number of ether oxygens (including phenoxy) is 2. The molecule has 268 valence electrons. The van der Waals surface area contributed by atoms with Crippen molar-refractivity contribution in [1.82, 2.24) is 15.3 Å². The Labute approximate surface area is 301 Å². The number of aliphatic hydroxyl groups excluding tert-OH is 1. The largest absolute Gasteiger partial charge is 0.495 e. The number of benzene rings is 2. The van der Waals surface area contributed by atoms with Crippen molar-refractivity contribution < 1.29 is 27.8 Å². The van der Waals surface area contributed by atoms with E-state index in [0.29, 0.717) is 34.7 Å². The molecule has 6 rings (SSSR count). The molecule has 0 saturated heterocycles. The second-order valence-corrected chi connectivity index (χ2v) is 15.2. The molecule has 3 aromatic rings. The van der Waals surface area contributed by atoms with Crippen molar-refractivity contribution in [2.45, 2.75) is 74.9 Å². The molecule has 1 amide bonds. The molecular weight excluding hydrogens is 705 g/mol. The number of methoxy groups -OCH3 is 2. The molecule has 2 aromatic carbocycles. The summed E-state index contributed by atoms with van der Waals surface area (Å²) in [6.07, 6.45) is 7.95. The number of anilines is 3. The van der Waals surface area contributed by atoms with Crippen molar-refractivity contribution >= 4 is 56.6 Å². The molecule has 2 aliphatic carbocycles. The van der Waals surface area contributed by atoms with Crippen molar-refractivity contribution in [3.8, 4) is 11.5 Å². The number of sulfonamides is 1. The first-order valence-corrected chi connectivity index (χ1v) is 18.7. The van der Waals surface area contributed by atoms with Gasteiger partial charge in [-0.05, 0) is 54.9 Å². The minimum atomic E-state index is -3.99. The lowest BCUT2D eigenvalue weighted by Crippen LogP contribution is -2.53. The third-order valence-electron chi connectivity index (χ3n) is 9.96. The van der Waals surface area contributed by atoms with Crippen molar-refractivity contribution in [3.63, 3.8) is 0 Å². The van der Waals surface area contributed by atoms with Gasteiger partial charge >= 0.3 is 0 Å². The Bertz CT molecular complexity index is 1850. The maximum absolute atomic E-state index is 12.4.